The zero-order chi connectivity index (χ0) is 9.11. The van der Waals surface area contributed by atoms with Gasteiger partial charge in [0.2, 0.25) is 0 Å². The molecular weight excluding hydrogens is 136 g/mol. The lowest BCUT2D eigenvalue weighted by Crippen LogP contribution is -1.62. The van der Waals surface area contributed by atoms with Crippen LogP contribution < -0.4 is 0 Å². The second-order valence-electron chi connectivity index (χ2n) is 1.69. The molecule has 0 saturated carbocycles. The third kappa shape index (κ3) is 12.3. The SMILES string of the molecule is C/C=C\C(C)=C/N=NC.CC. The highest BCUT2D eigenvalue weighted by atomic mass is 15.1. The molecule has 0 radical (unpaired) electrons. The van der Waals surface area contributed by atoms with Crippen LogP contribution in [-0.4, -0.2) is 7.05 Å². The molecule has 2 nitrogen and oxygen atoms in total. The van der Waals surface area contributed by atoms with Crippen molar-refractivity contribution in [2.45, 2.75) is 27.7 Å². The Morgan fingerprint density at radius 1 is 1.27 bits per heavy atom. The van der Waals surface area contributed by atoms with Crippen LogP contribution in [0.25, 0.3) is 0 Å². The summed E-state index contributed by atoms with van der Waals surface area (Å²) in [6, 6.07) is 0. The van der Waals surface area contributed by atoms with Gasteiger partial charge >= 0.3 is 0 Å². The van der Waals surface area contributed by atoms with E-state index in [1.807, 2.05) is 39.8 Å². The maximum Gasteiger partial charge on any atom is 0.0520 e. The van der Waals surface area contributed by atoms with Crippen LogP contribution in [0.4, 0.5) is 0 Å². The van der Waals surface area contributed by atoms with Gasteiger partial charge in [0.15, 0.2) is 0 Å². The average Bonchev–Trinajstić information content (AvgIpc) is 2.05. The van der Waals surface area contributed by atoms with Gasteiger partial charge in [-0.25, -0.2) is 0 Å². The fourth-order valence-electron chi connectivity index (χ4n) is 0.455. The van der Waals surface area contributed by atoms with Gasteiger partial charge in [-0.15, -0.1) is 0 Å². The Bertz CT molecular complexity index is 144. The Kier molecular flexibility index (Phi) is 13.7. The van der Waals surface area contributed by atoms with Gasteiger partial charge in [0, 0.05) is 7.05 Å². The van der Waals surface area contributed by atoms with E-state index in [9.17, 15) is 0 Å². The molecule has 0 aromatic carbocycles. The lowest BCUT2D eigenvalue weighted by atomic mass is 10.3. The van der Waals surface area contributed by atoms with Crippen LogP contribution in [0.15, 0.2) is 34.2 Å². The van der Waals surface area contributed by atoms with Gasteiger partial charge in [-0.3, -0.25) is 0 Å². The van der Waals surface area contributed by atoms with Crippen molar-refractivity contribution in [2.24, 2.45) is 10.2 Å². The Balaban J connectivity index is 0. The van der Waals surface area contributed by atoms with Gasteiger partial charge in [-0.2, -0.15) is 10.2 Å². The van der Waals surface area contributed by atoms with Gasteiger partial charge in [0.1, 0.15) is 0 Å². The molecule has 0 fully saturated rings. The van der Waals surface area contributed by atoms with Gasteiger partial charge in [0.25, 0.3) is 0 Å². The Morgan fingerprint density at radius 3 is 2.18 bits per heavy atom. The molecule has 0 heterocycles. The van der Waals surface area contributed by atoms with E-state index >= 15 is 0 Å². The summed E-state index contributed by atoms with van der Waals surface area (Å²) >= 11 is 0. The van der Waals surface area contributed by atoms with Gasteiger partial charge < -0.3 is 0 Å². The van der Waals surface area contributed by atoms with Crippen molar-refractivity contribution in [1.82, 2.24) is 0 Å². The number of hydrogen-bond donors (Lipinski definition) is 0. The molecule has 0 bridgehead atoms. The summed E-state index contributed by atoms with van der Waals surface area (Å²) < 4.78 is 0. The first-order valence-electron chi connectivity index (χ1n) is 3.89. The summed E-state index contributed by atoms with van der Waals surface area (Å²) in [7, 11) is 1.65. The highest BCUT2D eigenvalue weighted by Crippen LogP contribution is 1.93. The zero-order valence-corrected chi connectivity index (χ0v) is 8.13. The smallest absolute Gasteiger partial charge is 0.0520 e. The first kappa shape index (κ1) is 12.7. The Labute approximate surface area is 69.7 Å². The minimum Gasteiger partial charge on any atom is -0.193 e. The number of rotatable bonds is 2. The van der Waals surface area contributed by atoms with Crippen LogP contribution in [0.3, 0.4) is 0 Å². The van der Waals surface area contributed by atoms with Crippen LogP contribution in [0.2, 0.25) is 0 Å². The van der Waals surface area contributed by atoms with E-state index < -0.39 is 0 Å². The Hall–Kier alpha value is -0.920. The summed E-state index contributed by atoms with van der Waals surface area (Å²) in [6.45, 7) is 7.95. The molecule has 0 aliphatic carbocycles. The van der Waals surface area contributed by atoms with E-state index in [0.717, 1.165) is 5.57 Å². The van der Waals surface area contributed by atoms with Crippen LogP contribution in [0.1, 0.15) is 27.7 Å². The molecule has 11 heavy (non-hydrogen) atoms. The van der Waals surface area contributed by atoms with Crippen LogP contribution in [0.5, 0.6) is 0 Å². The quantitative estimate of drug-likeness (QED) is 0.429. The molecule has 64 valence electrons. The molecular formula is C9H18N2. The fraction of sp³-hybridized carbons (Fsp3) is 0.556. The number of allylic oxidation sites excluding steroid dienone is 3. The monoisotopic (exact) mass is 154 g/mol. The summed E-state index contributed by atoms with van der Waals surface area (Å²) in [4.78, 5) is 0. The molecule has 0 atom stereocenters. The summed E-state index contributed by atoms with van der Waals surface area (Å²) in [5.74, 6) is 0. The minimum atomic E-state index is 1.11. The van der Waals surface area contributed by atoms with E-state index in [4.69, 9.17) is 0 Å². The minimum absolute atomic E-state index is 1.11. The molecule has 0 rings (SSSR count). The lowest BCUT2D eigenvalue weighted by molar-refractivity contribution is 1.15. The van der Waals surface area contributed by atoms with Gasteiger partial charge in [0.05, 0.1) is 6.20 Å². The van der Waals surface area contributed by atoms with Crippen molar-refractivity contribution in [3.05, 3.63) is 23.9 Å². The molecule has 0 saturated heterocycles. The molecule has 0 aliphatic heterocycles. The predicted molar refractivity (Wildman–Crippen MR) is 50.7 cm³/mol. The van der Waals surface area contributed by atoms with Crippen molar-refractivity contribution >= 4 is 0 Å². The van der Waals surface area contributed by atoms with E-state index in [2.05, 4.69) is 10.2 Å². The molecule has 0 N–H and O–H groups in total. The number of azo groups is 1. The summed E-state index contributed by atoms with van der Waals surface area (Å²) in [5, 5.41) is 7.27. The highest BCUT2D eigenvalue weighted by Gasteiger charge is 1.74. The van der Waals surface area contributed by atoms with Crippen molar-refractivity contribution in [3.63, 3.8) is 0 Å². The van der Waals surface area contributed by atoms with Crippen LogP contribution in [-0.2, 0) is 0 Å². The third-order valence-corrected chi connectivity index (χ3v) is 0.806. The van der Waals surface area contributed by atoms with Crippen molar-refractivity contribution in [1.29, 1.82) is 0 Å². The van der Waals surface area contributed by atoms with Crippen LogP contribution >= 0.6 is 0 Å². The maximum absolute atomic E-state index is 3.70. The summed E-state index contributed by atoms with van der Waals surface area (Å²) in [5.41, 5.74) is 1.11. The van der Waals surface area contributed by atoms with Crippen molar-refractivity contribution < 1.29 is 0 Å². The molecule has 2 heteroatoms. The van der Waals surface area contributed by atoms with E-state index in [1.165, 1.54) is 0 Å². The Morgan fingerprint density at radius 2 is 1.82 bits per heavy atom. The van der Waals surface area contributed by atoms with Gasteiger partial charge in [-0.1, -0.05) is 26.0 Å². The number of nitrogens with zero attached hydrogens (tertiary/aromatic N) is 2. The van der Waals surface area contributed by atoms with Crippen molar-refractivity contribution in [3.8, 4) is 0 Å². The van der Waals surface area contributed by atoms with Crippen molar-refractivity contribution in [2.75, 3.05) is 7.05 Å². The number of hydrogen-bond acceptors (Lipinski definition) is 2. The molecule has 0 unspecified atom stereocenters. The first-order chi connectivity index (χ1) is 5.31. The molecule has 0 amide bonds. The molecule has 0 aliphatic rings. The first-order valence-corrected chi connectivity index (χ1v) is 3.89. The predicted octanol–water partition coefficient (Wildman–Crippen LogP) is 3.57. The normalized spacial score (nSPS) is 11.9. The molecule has 0 aromatic rings. The van der Waals surface area contributed by atoms with E-state index in [1.54, 1.807) is 13.2 Å². The fourth-order valence-corrected chi connectivity index (χ4v) is 0.455. The lowest BCUT2D eigenvalue weighted by Gasteiger charge is -1.82. The standard InChI is InChI=1S/C7H12N2.C2H6/c1-4-5-7(2)6-9-8-3;1-2/h4-6H,1-3H3;1-2H3/b5-4-,7-6-,9-8?;. The van der Waals surface area contributed by atoms with E-state index in [-0.39, 0.29) is 0 Å². The summed E-state index contributed by atoms with van der Waals surface area (Å²) in [6.07, 6.45) is 5.67. The van der Waals surface area contributed by atoms with Gasteiger partial charge in [-0.05, 0) is 19.4 Å². The zero-order valence-electron chi connectivity index (χ0n) is 8.13. The van der Waals surface area contributed by atoms with E-state index in [0.29, 0.717) is 0 Å². The topological polar surface area (TPSA) is 24.7 Å². The second kappa shape index (κ2) is 11.8. The molecule has 0 spiro atoms. The van der Waals surface area contributed by atoms with Crippen LogP contribution in [0, 0.1) is 0 Å². The largest absolute Gasteiger partial charge is 0.193 e. The second-order valence-corrected chi connectivity index (χ2v) is 1.69. The maximum atomic E-state index is 3.70. The highest BCUT2D eigenvalue weighted by molar-refractivity contribution is 5.13. The molecule has 0 aromatic heterocycles. The average molecular weight is 154 g/mol. The third-order valence-electron chi connectivity index (χ3n) is 0.806.